The van der Waals surface area contributed by atoms with Crippen LogP contribution in [0.15, 0.2) is 30.3 Å². The van der Waals surface area contributed by atoms with Gasteiger partial charge in [-0.05, 0) is 30.0 Å². The fourth-order valence-electron chi connectivity index (χ4n) is 1.94. The maximum atomic E-state index is 5.59. The molecule has 0 aliphatic heterocycles. The van der Waals surface area contributed by atoms with E-state index >= 15 is 0 Å². The lowest BCUT2D eigenvalue weighted by Crippen LogP contribution is -2.07. The maximum Gasteiger partial charge on any atom is 0.223 e. The Bertz CT molecular complexity index is 561. The smallest absolute Gasteiger partial charge is 0.223 e. The van der Waals surface area contributed by atoms with Crippen LogP contribution in [0.2, 0.25) is 0 Å². The molecular weight excluding hydrogens is 248 g/mol. The number of hydrogen-bond acceptors (Lipinski definition) is 4. The predicted molar refractivity (Wildman–Crippen MR) is 82.5 cm³/mol. The van der Waals surface area contributed by atoms with Gasteiger partial charge < -0.3 is 11.1 Å². The molecule has 1 aromatic heterocycles. The van der Waals surface area contributed by atoms with Gasteiger partial charge in [0.15, 0.2) is 0 Å². The monoisotopic (exact) mass is 270 g/mol. The van der Waals surface area contributed by atoms with Gasteiger partial charge >= 0.3 is 0 Å². The van der Waals surface area contributed by atoms with Crippen molar-refractivity contribution in [1.82, 2.24) is 9.97 Å². The van der Waals surface area contributed by atoms with Gasteiger partial charge in [0.1, 0.15) is 0 Å². The first kappa shape index (κ1) is 14.5. The predicted octanol–water partition coefficient (Wildman–Crippen LogP) is 2.98. The van der Waals surface area contributed by atoms with Crippen molar-refractivity contribution < 1.29 is 0 Å². The summed E-state index contributed by atoms with van der Waals surface area (Å²) in [4.78, 5) is 8.96. The van der Waals surface area contributed by atoms with Crippen LogP contribution in [0.5, 0.6) is 0 Å². The SMILES string of the molecule is Cc1cc(C(C)C)nc(NCc2ccc(CN)cc2)n1. The molecule has 3 N–H and O–H groups in total. The van der Waals surface area contributed by atoms with Crippen LogP contribution in [0.3, 0.4) is 0 Å². The lowest BCUT2D eigenvalue weighted by molar-refractivity contribution is 0.808. The molecule has 4 heteroatoms. The average Bonchev–Trinajstić information content (AvgIpc) is 2.45. The number of rotatable bonds is 5. The third kappa shape index (κ3) is 3.78. The second kappa shape index (κ2) is 6.48. The molecule has 0 unspecified atom stereocenters. The van der Waals surface area contributed by atoms with Crippen LogP contribution in [0.1, 0.15) is 42.3 Å². The molecule has 0 aliphatic carbocycles. The fourth-order valence-corrected chi connectivity index (χ4v) is 1.94. The third-order valence-electron chi connectivity index (χ3n) is 3.17. The second-order valence-electron chi connectivity index (χ2n) is 5.29. The average molecular weight is 270 g/mol. The van der Waals surface area contributed by atoms with Crippen LogP contribution in [-0.4, -0.2) is 9.97 Å². The van der Waals surface area contributed by atoms with Crippen molar-refractivity contribution in [3.63, 3.8) is 0 Å². The first-order valence-electron chi connectivity index (χ1n) is 6.96. The summed E-state index contributed by atoms with van der Waals surface area (Å²) >= 11 is 0. The molecule has 0 bridgehead atoms. The molecule has 2 rings (SSSR count). The van der Waals surface area contributed by atoms with Crippen molar-refractivity contribution >= 4 is 5.95 Å². The second-order valence-corrected chi connectivity index (χ2v) is 5.29. The molecule has 0 radical (unpaired) electrons. The number of nitrogens with two attached hydrogens (primary N) is 1. The zero-order valence-electron chi connectivity index (χ0n) is 12.4. The number of nitrogens with zero attached hydrogens (tertiary/aromatic N) is 2. The van der Waals surface area contributed by atoms with E-state index in [1.165, 1.54) is 5.56 Å². The van der Waals surface area contributed by atoms with E-state index in [9.17, 15) is 0 Å². The van der Waals surface area contributed by atoms with Crippen LogP contribution < -0.4 is 11.1 Å². The summed E-state index contributed by atoms with van der Waals surface area (Å²) in [6.45, 7) is 7.56. The van der Waals surface area contributed by atoms with Crippen LogP contribution in [0.25, 0.3) is 0 Å². The molecular formula is C16H22N4. The number of hydrogen-bond donors (Lipinski definition) is 2. The molecule has 1 heterocycles. The summed E-state index contributed by atoms with van der Waals surface area (Å²) in [6.07, 6.45) is 0. The number of anilines is 1. The topological polar surface area (TPSA) is 63.8 Å². The summed E-state index contributed by atoms with van der Waals surface area (Å²) in [5.74, 6) is 1.10. The molecule has 4 nitrogen and oxygen atoms in total. The summed E-state index contributed by atoms with van der Waals surface area (Å²) in [6, 6.07) is 10.3. The van der Waals surface area contributed by atoms with E-state index in [2.05, 4.69) is 41.3 Å². The van der Waals surface area contributed by atoms with E-state index in [1.807, 2.05) is 25.1 Å². The normalized spacial score (nSPS) is 10.8. The zero-order chi connectivity index (χ0) is 14.5. The molecule has 106 valence electrons. The van der Waals surface area contributed by atoms with Crippen LogP contribution in [0.4, 0.5) is 5.95 Å². The summed E-state index contributed by atoms with van der Waals surface area (Å²) in [5.41, 5.74) is 9.98. The van der Waals surface area contributed by atoms with Gasteiger partial charge in [-0.15, -0.1) is 0 Å². The molecule has 0 atom stereocenters. The minimum Gasteiger partial charge on any atom is -0.350 e. The molecule has 0 aliphatic rings. The molecule has 0 saturated heterocycles. The standard InChI is InChI=1S/C16H22N4/c1-11(2)15-8-12(3)19-16(20-15)18-10-14-6-4-13(9-17)5-7-14/h4-8,11H,9-10,17H2,1-3H3,(H,18,19,20). The van der Waals surface area contributed by atoms with Crippen molar-refractivity contribution in [2.75, 3.05) is 5.32 Å². The highest BCUT2D eigenvalue weighted by Crippen LogP contribution is 2.15. The van der Waals surface area contributed by atoms with Gasteiger partial charge in [-0.1, -0.05) is 38.1 Å². The molecule has 20 heavy (non-hydrogen) atoms. The summed E-state index contributed by atoms with van der Waals surface area (Å²) in [5, 5.41) is 3.28. The number of benzene rings is 1. The Hall–Kier alpha value is -1.94. The highest BCUT2D eigenvalue weighted by molar-refractivity contribution is 5.32. The largest absolute Gasteiger partial charge is 0.350 e. The van der Waals surface area contributed by atoms with Gasteiger partial charge in [0.25, 0.3) is 0 Å². The van der Waals surface area contributed by atoms with Crippen molar-refractivity contribution in [2.45, 2.75) is 39.8 Å². The first-order valence-corrected chi connectivity index (χ1v) is 6.96. The van der Waals surface area contributed by atoms with Gasteiger partial charge in [-0.25, -0.2) is 9.97 Å². The number of nitrogens with one attached hydrogen (secondary N) is 1. The minimum atomic E-state index is 0.404. The van der Waals surface area contributed by atoms with Crippen LogP contribution >= 0.6 is 0 Å². The molecule has 0 amide bonds. The Balaban J connectivity index is 2.06. The van der Waals surface area contributed by atoms with Crippen molar-refractivity contribution in [3.05, 3.63) is 52.8 Å². The Morgan fingerprint density at radius 3 is 2.35 bits per heavy atom. The fraction of sp³-hybridized carbons (Fsp3) is 0.375. The molecule has 0 spiro atoms. The third-order valence-corrected chi connectivity index (χ3v) is 3.17. The number of aromatic nitrogens is 2. The van der Waals surface area contributed by atoms with E-state index in [4.69, 9.17) is 5.73 Å². The van der Waals surface area contributed by atoms with Crippen molar-refractivity contribution in [3.8, 4) is 0 Å². The van der Waals surface area contributed by atoms with Crippen molar-refractivity contribution in [1.29, 1.82) is 0 Å². The van der Waals surface area contributed by atoms with E-state index in [1.54, 1.807) is 0 Å². The summed E-state index contributed by atoms with van der Waals surface area (Å²) < 4.78 is 0. The lowest BCUT2D eigenvalue weighted by atomic mass is 10.1. The van der Waals surface area contributed by atoms with E-state index in [0.29, 0.717) is 25.0 Å². The highest BCUT2D eigenvalue weighted by atomic mass is 15.1. The zero-order valence-corrected chi connectivity index (χ0v) is 12.4. The van der Waals surface area contributed by atoms with Gasteiger partial charge in [-0.3, -0.25) is 0 Å². The quantitative estimate of drug-likeness (QED) is 0.876. The van der Waals surface area contributed by atoms with Crippen LogP contribution in [-0.2, 0) is 13.1 Å². The molecule has 2 aromatic rings. The van der Waals surface area contributed by atoms with Gasteiger partial charge in [0, 0.05) is 24.5 Å². The van der Waals surface area contributed by atoms with Crippen molar-refractivity contribution in [2.24, 2.45) is 5.73 Å². The highest BCUT2D eigenvalue weighted by Gasteiger charge is 2.05. The number of aryl methyl sites for hydroxylation is 1. The van der Waals surface area contributed by atoms with Gasteiger partial charge in [0.2, 0.25) is 5.95 Å². The lowest BCUT2D eigenvalue weighted by Gasteiger charge is -2.10. The van der Waals surface area contributed by atoms with Gasteiger partial charge in [0.05, 0.1) is 0 Å². The Morgan fingerprint density at radius 1 is 1.10 bits per heavy atom. The summed E-state index contributed by atoms with van der Waals surface area (Å²) in [7, 11) is 0. The van der Waals surface area contributed by atoms with E-state index in [-0.39, 0.29) is 0 Å². The van der Waals surface area contributed by atoms with Crippen LogP contribution in [0, 0.1) is 6.92 Å². The van der Waals surface area contributed by atoms with Gasteiger partial charge in [-0.2, -0.15) is 0 Å². The maximum absolute atomic E-state index is 5.59. The Morgan fingerprint density at radius 2 is 1.75 bits per heavy atom. The first-order chi connectivity index (χ1) is 9.58. The van der Waals surface area contributed by atoms with E-state index < -0.39 is 0 Å². The molecule has 0 saturated carbocycles. The Labute approximate surface area is 120 Å². The molecule has 0 fully saturated rings. The molecule has 1 aromatic carbocycles. The minimum absolute atomic E-state index is 0.404. The Kier molecular flexibility index (Phi) is 4.69. The van der Waals surface area contributed by atoms with E-state index in [0.717, 1.165) is 17.0 Å².